The third-order valence-electron chi connectivity index (χ3n) is 4.43. The van der Waals surface area contributed by atoms with Gasteiger partial charge in [-0.3, -0.25) is 0 Å². The van der Waals surface area contributed by atoms with E-state index in [-0.39, 0.29) is 11.4 Å². The molecule has 3 rings (SSSR count). The van der Waals surface area contributed by atoms with Crippen molar-refractivity contribution in [3.05, 3.63) is 94.3 Å². The molecule has 0 N–H and O–H groups in total. The van der Waals surface area contributed by atoms with Crippen molar-refractivity contribution in [1.29, 1.82) is 10.5 Å². The fourth-order valence-corrected chi connectivity index (χ4v) is 4.05. The van der Waals surface area contributed by atoms with Crippen LogP contribution in [0.4, 0.5) is 0 Å². The van der Waals surface area contributed by atoms with Crippen LogP contribution in [-0.2, 0) is 0 Å². The average Bonchev–Trinajstić information content (AvgIpc) is 3.62. The molecular formula is C26H16N4O4S. The topological polar surface area (TPSA) is 101 Å². The Morgan fingerprint density at radius 2 is 1.26 bits per heavy atom. The van der Waals surface area contributed by atoms with Crippen LogP contribution in [0.2, 0.25) is 0 Å². The van der Waals surface area contributed by atoms with E-state index < -0.39 is 0 Å². The Balaban J connectivity index is 1.94. The lowest BCUT2D eigenvalue weighted by Crippen LogP contribution is -1.88. The molecule has 0 spiro atoms. The van der Waals surface area contributed by atoms with Crippen LogP contribution < -0.4 is 9.47 Å². The van der Waals surface area contributed by atoms with Gasteiger partial charge in [-0.25, -0.2) is 20.2 Å². The first kappa shape index (κ1) is 24.4. The monoisotopic (exact) mass is 480 g/mol. The van der Waals surface area contributed by atoms with Crippen molar-refractivity contribution < 1.29 is 18.3 Å². The predicted molar refractivity (Wildman–Crippen MR) is 131 cm³/mol. The molecule has 3 heterocycles. The Morgan fingerprint density at radius 3 is 1.60 bits per heavy atom. The van der Waals surface area contributed by atoms with Crippen LogP contribution in [0.25, 0.3) is 43.1 Å². The maximum absolute atomic E-state index is 8.82. The fourth-order valence-electron chi connectivity index (χ4n) is 2.89. The molecule has 0 unspecified atom stereocenters. The van der Waals surface area contributed by atoms with Crippen molar-refractivity contribution in [2.45, 2.75) is 0 Å². The maximum atomic E-state index is 8.82. The summed E-state index contributed by atoms with van der Waals surface area (Å²) in [5.41, 5.74) is -0.0502. The number of hydrogen-bond acceptors (Lipinski definition) is 7. The predicted octanol–water partition coefficient (Wildman–Crippen LogP) is 6.97. The summed E-state index contributed by atoms with van der Waals surface area (Å²) < 4.78 is 23.0. The van der Waals surface area contributed by atoms with Gasteiger partial charge in [0.1, 0.15) is 32.8 Å². The number of methoxy groups -OCH3 is 2. The minimum Gasteiger partial charge on any atom is -0.491 e. The molecule has 0 bridgehead atoms. The number of nitriles is 2. The molecule has 0 aliphatic carbocycles. The molecule has 0 fully saturated rings. The Bertz CT molecular complexity index is 1370. The van der Waals surface area contributed by atoms with Gasteiger partial charge >= 0.3 is 0 Å². The third-order valence-corrected chi connectivity index (χ3v) is 5.61. The SMILES string of the molecule is [C-]#[N+]/C(C#N)=C\C=C\c1ccc(-c2sc(-c3ccc(/C=C/C=C(\C#N)[N+]#[C-])o3)c(OC)c2OC)o1. The van der Waals surface area contributed by atoms with Crippen molar-refractivity contribution >= 4 is 23.5 Å². The van der Waals surface area contributed by atoms with Gasteiger partial charge in [-0.05, 0) is 48.6 Å². The van der Waals surface area contributed by atoms with Crippen molar-refractivity contribution in [2.75, 3.05) is 14.2 Å². The number of nitrogens with zero attached hydrogens (tertiary/aromatic N) is 4. The molecule has 35 heavy (non-hydrogen) atoms. The van der Waals surface area contributed by atoms with Gasteiger partial charge in [-0.15, -0.1) is 11.3 Å². The second kappa shape index (κ2) is 11.6. The molecule has 0 aliphatic heterocycles. The van der Waals surface area contributed by atoms with Gasteiger partial charge in [0, 0.05) is 0 Å². The highest BCUT2D eigenvalue weighted by molar-refractivity contribution is 7.19. The zero-order valence-corrected chi connectivity index (χ0v) is 19.4. The summed E-state index contributed by atoms with van der Waals surface area (Å²) in [6.45, 7) is 13.8. The molecule has 170 valence electrons. The first-order valence-electron chi connectivity index (χ1n) is 9.85. The van der Waals surface area contributed by atoms with E-state index in [0.29, 0.717) is 44.3 Å². The number of hydrogen-bond donors (Lipinski definition) is 0. The zero-order valence-electron chi connectivity index (χ0n) is 18.6. The highest BCUT2D eigenvalue weighted by Gasteiger charge is 2.25. The summed E-state index contributed by atoms with van der Waals surface area (Å²) in [5, 5.41) is 17.6. The Hall–Kier alpha value is -5.22. The highest BCUT2D eigenvalue weighted by Crippen LogP contribution is 2.52. The van der Waals surface area contributed by atoms with Crippen LogP contribution in [-0.4, -0.2) is 14.2 Å². The molecule has 0 saturated heterocycles. The van der Waals surface area contributed by atoms with Crippen LogP contribution in [0.5, 0.6) is 11.5 Å². The average molecular weight is 481 g/mol. The third kappa shape index (κ3) is 5.59. The molecule has 0 saturated carbocycles. The Morgan fingerprint density at radius 1 is 0.829 bits per heavy atom. The summed E-state index contributed by atoms with van der Waals surface area (Å²) >= 11 is 1.36. The lowest BCUT2D eigenvalue weighted by molar-refractivity contribution is 0.358. The van der Waals surface area contributed by atoms with Gasteiger partial charge in [0.15, 0.2) is 11.5 Å². The number of allylic oxidation sites excluding steroid dienone is 6. The second-order valence-corrected chi connectivity index (χ2v) is 7.52. The van der Waals surface area contributed by atoms with E-state index in [4.69, 9.17) is 42.0 Å². The molecule has 0 aromatic carbocycles. The van der Waals surface area contributed by atoms with Gasteiger partial charge in [0.25, 0.3) is 11.4 Å². The van der Waals surface area contributed by atoms with E-state index in [0.717, 1.165) is 0 Å². The first-order valence-corrected chi connectivity index (χ1v) is 10.7. The molecule has 0 aliphatic rings. The Labute approximate surface area is 205 Å². The van der Waals surface area contributed by atoms with E-state index in [1.54, 1.807) is 60.7 Å². The first-order chi connectivity index (χ1) is 17.1. The van der Waals surface area contributed by atoms with Crippen LogP contribution in [0, 0.1) is 35.8 Å². The van der Waals surface area contributed by atoms with E-state index >= 15 is 0 Å². The van der Waals surface area contributed by atoms with Gasteiger partial charge in [0.05, 0.1) is 39.5 Å². The lowest BCUT2D eigenvalue weighted by atomic mass is 10.2. The summed E-state index contributed by atoms with van der Waals surface area (Å²) in [6.07, 6.45) is 9.25. The number of thiophene rings is 1. The van der Waals surface area contributed by atoms with Gasteiger partial charge < -0.3 is 18.3 Å². The van der Waals surface area contributed by atoms with Crippen LogP contribution >= 0.6 is 11.3 Å². The van der Waals surface area contributed by atoms with E-state index in [1.807, 2.05) is 0 Å². The van der Waals surface area contributed by atoms with E-state index in [1.165, 1.54) is 37.7 Å². The fraction of sp³-hybridized carbons (Fsp3) is 0.0769. The maximum Gasteiger partial charge on any atom is 0.261 e. The largest absolute Gasteiger partial charge is 0.491 e. The summed E-state index contributed by atoms with van der Waals surface area (Å²) in [7, 11) is 3.07. The van der Waals surface area contributed by atoms with E-state index in [9.17, 15) is 0 Å². The van der Waals surface area contributed by atoms with Crippen LogP contribution in [0.15, 0.2) is 68.8 Å². The molecule has 9 heteroatoms. The minimum absolute atomic E-state index is 0.0251. The molecule has 0 radical (unpaired) electrons. The minimum atomic E-state index is -0.0251. The molecule has 0 amide bonds. The molecule has 8 nitrogen and oxygen atoms in total. The second-order valence-electron chi connectivity index (χ2n) is 6.50. The molecule has 3 aromatic rings. The quantitative estimate of drug-likeness (QED) is 0.196. The number of furan rings is 2. The van der Waals surface area contributed by atoms with Crippen molar-refractivity contribution in [3.8, 4) is 44.9 Å². The summed E-state index contributed by atoms with van der Waals surface area (Å²) in [5.74, 6) is 3.14. The van der Waals surface area contributed by atoms with Crippen LogP contribution in [0.1, 0.15) is 11.5 Å². The lowest BCUT2D eigenvalue weighted by Gasteiger charge is -2.04. The zero-order chi connectivity index (χ0) is 25.2. The van der Waals surface area contributed by atoms with Crippen LogP contribution in [0.3, 0.4) is 0 Å². The van der Waals surface area contributed by atoms with Gasteiger partial charge in [-0.2, -0.15) is 0 Å². The molecule has 3 aromatic heterocycles. The van der Waals surface area contributed by atoms with Gasteiger partial charge in [-0.1, -0.05) is 12.2 Å². The van der Waals surface area contributed by atoms with Crippen molar-refractivity contribution in [2.24, 2.45) is 0 Å². The highest BCUT2D eigenvalue weighted by atomic mass is 32.1. The number of rotatable bonds is 8. The van der Waals surface area contributed by atoms with Crippen molar-refractivity contribution in [1.82, 2.24) is 0 Å². The summed E-state index contributed by atoms with van der Waals surface area (Å²) in [4.78, 5) is 7.58. The summed E-state index contributed by atoms with van der Waals surface area (Å²) in [6, 6.07) is 10.7. The smallest absolute Gasteiger partial charge is 0.261 e. The number of ether oxygens (including phenoxy) is 2. The van der Waals surface area contributed by atoms with E-state index in [2.05, 4.69) is 9.69 Å². The Kier molecular flexibility index (Phi) is 8.09. The van der Waals surface area contributed by atoms with Crippen molar-refractivity contribution in [3.63, 3.8) is 0 Å². The van der Waals surface area contributed by atoms with Gasteiger partial charge in [0.2, 0.25) is 0 Å². The molecular weight excluding hydrogens is 464 g/mol. The normalized spacial score (nSPS) is 11.7. The molecule has 0 atom stereocenters. The standard InChI is InChI=1S/C26H16N4O4S/c1-29-17(15-27)7-5-9-19-11-13-21(33-19)25-23(31-3)24(32-4)26(35-25)22-14-12-20(34-22)10-6-8-18(16-28)30-2/h5-14H,3-4H3/b9-5+,10-6+,17-7-,18-8+.